The van der Waals surface area contributed by atoms with Crippen molar-refractivity contribution < 1.29 is 17.6 Å². The quantitative estimate of drug-likeness (QED) is 0.178. The number of nitrogens with one attached hydrogen (secondary N) is 2. The summed E-state index contributed by atoms with van der Waals surface area (Å²) in [6.07, 6.45) is 0.460. The lowest BCUT2D eigenvalue weighted by Gasteiger charge is -2.19. The molecule has 0 saturated heterocycles. The lowest BCUT2D eigenvalue weighted by molar-refractivity contribution is -0.144. The highest BCUT2D eigenvalue weighted by Gasteiger charge is 2.35. The normalized spacial score (nSPS) is 13.1. The zero-order valence-corrected chi connectivity index (χ0v) is 20.1. The van der Waals surface area contributed by atoms with Gasteiger partial charge in [-0.05, 0) is 34.5 Å². The van der Waals surface area contributed by atoms with E-state index in [1.54, 1.807) is 16.7 Å². The summed E-state index contributed by atoms with van der Waals surface area (Å²) in [7, 11) is 0. The fourth-order valence-corrected chi connectivity index (χ4v) is 4.58. The number of rotatable bonds is 7. The van der Waals surface area contributed by atoms with Crippen LogP contribution < -0.4 is 11.1 Å². The summed E-state index contributed by atoms with van der Waals surface area (Å²) in [6.45, 7) is 1.84. The molecule has 0 bridgehead atoms. The van der Waals surface area contributed by atoms with Gasteiger partial charge in [-0.1, -0.05) is 19.1 Å². The number of alkyl halides is 3. The van der Waals surface area contributed by atoms with E-state index in [2.05, 4.69) is 46.3 Å². The van der Waals surface area contributed by atoms with Crippen LogP contribution >= 0.6 is 15.9 Å². The third-order valence-corrected chi connectivity index (χ3v) is 6.14. The first-order valence-corrected chi connectivity index (χ1v) is 11.2. The number of anilines is 2. The van der Waals surface area contributed by atoms with Crippen molar-refractivity contribution in [2.24, 2.45) is 5.11 Å². The van der Waals surface area contributed by atoms with Gasteiger partial charge in [-0.2, -0.15) is 18.3 Å². The van der Waals surface area contributed by atoms with Crippen LogP contribution in [-0.4, -0.2) is 24.5 Å². The van der Waals surface area contributed by atoms with Crippen LogP contribution in [0.5, 0.6) is 0 Å². The number of nitrogen functional groups attached to an aromatic ring is 1. The molecule has 0 spiro atoms. The van der Waals surface area contributed by atoms with E-state index in [4.69, 9.17) is 11.3 Å². The number of nitrogens with two attached hydrogens (primary N) is 1. The van der Waals surface area contributed by atoms with Crippen LogP contribution in [0, 0.1) is 11.3 Å². The Labute approximate surface area is 210 Å². The fraction of sp³-hybridized carbons (Fsp3) is 0.182. The molecular formula is C22H18BrF4N9. The summed E-state index contributed by atoms with van der Waals surface area (Å²) < 4.78 is 55.1. The van der Waals surface area contributed by atoms with E-state index >= 15 is 0 Å². The third kappa shape index (κ3) is 4.63. The molecule has 1 unspecified atom stereocenters. The van der Waals surface area contributed by atoms with E-state index in [0.29, 0.717) is 27.6 Å². The van der Waals surface area contributed by atoms with Crippen molar-refractivity contribution in [1.29, 1.82) is 5.53 Å². The summed E-state index contributed by atoms with van der Waals surface area (Å²) in [5.41, 5.74) is 15.3. The van der Waals surface area contributed by atoms with Crippen molar-refractivity contribution in [2.75, 3.05) is 11.1 Å². The average molecular weight is 564 g/mol. The first-order valence-electron chi connectivity index (χ1n) is 10.4. The molecule has 0 amide bonds. The highest BCUT2D eigenvalue weighted by Crippen LogP contribution is 2.43. The molecule has 186 valence electrons. The number of para-hydroxylation sites is 1. The molecule has 4 N–H and O–H groups in total. The van der Waals surface area contributed by atoms with Crippen LogP contribution in [0.25, 0.3) is 22.2 Å². The first kappa shape index (κ1) is 25.2. The number of halogens is 5. The molecule has 1 atom stereocenters. The van der Waals surface area contributed by atoms with Gasteiger partial charge in [0, 0.05) is 29.7 Å². The highest BCUT2D eigenvalue weighted by molar-refractivity contribution is 9.10. The smallest absolute Gasteiger partial charge is 0.383 e. The Morgan fingerprint density at radius 2 is 1.92 bits per heavy atom. The summed E-state index contributed by atoms with van der Waals surface area (Å²) in [5.74, 6) is -1.68. The molecule has 36 heavy (non-hydrogen) atoms. The van der Waals surface area contributed by atoms with E-state index in [1.165, 1.54) is 24.7 Å². The number of hydrogen-bond acceptors (Lipinski definition) is 8. The van der Waals surface area contributed by atoms with E-state index < -0.39 is 23.9 Å². The van der Waals surface area contributed by atoms with Gasteiger partial charge in [-0.25, -0.2) is 29.9 Å². The number of nitrogens with zero attached hydrogens (tertiary/aromatic N) is 6. The van der Waals surface area contributed by atoms with Gasteiger partial charge >= 0.3 is 6.18 Å². The maximum atomic E-state index is 14.1. The molecule has 0 aliphatic carbocycles. The summed E-state index contributed by atoms with van der Waals surface area (Å²) in [4.78, 5) is 15.3. The van der Waals surface area contributed by atoms with Crippen LogP contribution in [0.2, 0.25) is 0 Å². The SMILES string of the molecule is CCC(/C(=C/Nc1ccccc1F)N=N)n1c(Br)c(-c2cnc(C(F)(F)F)nc2)c2c(N)ncnc21. The van der Waals surface area contributed by atoms with Gasteiger partial charge in [0.1, 0.15) is 29.3 Å². The Morgan fingerprint density at radius 3 is 2.53 bits per heavy atom. The van der Waals surface area contributed by atoms with E-state index in [9.17, 15) is 17.6 Å². The molecule has 4 rings (SSSR count). The molecule has 4 aromatic rings. The largest absolute Gasteiger partial charge is 0.451 e. The van der Waals surface area contributed by atoms with Crippen LogP contribution in [0.1, 0.15) is 25.2 Å². The first-order chi connectivity index (χ1) is 17.2. The van der Waals surface area contributed by atoms with Crippen molar-refractivity contribution >= 4 is 38.5 Å². The average Bonchev–Trinajstić information content (AvgIpc) is 3.15. The molecule has 14 heteroatoms. The Hall–Kier alpha value is -3.94. The molecule has 9 nitrogen and oxygen atoms in total. The minimum atomic E-state index is -4.69. The zero-order chi connectivity index (χ0) is 26.0. The lowest BCUT2D eigenvalue weighted by atomic mass is 10.1. The molecule has 0 fully saturated rings. The van der Waals surface area contributed by atoms with Crippen LogP contribution in [0.3, 0.4) is 0 Å². The minimum absolute atomic E-state index is 0.0852. The molecule has 0 aliphatic heterocycles. The van der Waals surface area contributed by atoms with Gasteiger partial charge in [0.15, 0.2) is 0 Å². The van der Waals surface area contributed by atoms with Gasteiger partial charge in [0.05, 0.1) is 21.7 Å². The van der Waals surface area contributed by atoms with Gasteiger partial charge in [-0.3, -0.25) is 0 Å². The summed E-state index contributed by atoms with van der Waals surface area (Å²) >= 11 is 3.52. The zero-order valence-electron chi connectivity index (χ0n) is 18.6. The van der Waals surface area contributed by atoms with E-state index in [0.717, 1.165) is 12.4 Å². The van der Waals surface area contributed by atoms with Crippen molar-refractivity contribution in [2.45, 2.75) is 25.6 Å². The second kappa shape index (κ2) is 9.97. The van der Waals surface area contributed by atoms with Crippen LogP contribution in [0.15, 0.2) is 64.6 Å². The summed E-state index contributed by atoms with van der Waals surface area (Å²) in [5, 5.41) is 6.81. The lowest BCUT2D eigenvalue weighted by Crippen LogP contribution is -2.12. The van der Waals surface area contributed by atoms with Crippen LogP contribution in [-0.2, 0) is 6.18 Å². The Morgan fingerprint density at radius 1 is 1.22 bits per heavy atom. The van der Waals surface area contributed by atoms with Crippen molar-refractivity contribution in [3.63, 3.8) is 0 Å². The molecular weight excluding hydrogens is 546 g/mol. The van der Waals surface area contributed by atoms with Gasteiger partial charge in [-0.15, -0.1) is 0 Å². The molecule has 3 aromatic heterocycles. The minimum Gasteiger partial charge on any atom is -0.383 e. The predicted octanol–water partition coefficient (Wildman–Crippen LogP) is 6.33. The van der Waals surface area contributed by atoms with Gasteiger partial charge in [0.25, 0.3) is 0 Å². The molecule has 0 aliphatic rings. The van der Waals surface area contributed by atoms with Gasteiger partial charge in [0.2, 0.25) is 5.82 Å². The Balaban J connectivity index is 1.87. The van der Waals surface area contributed by atoms with E-state index in [1.807, 2.05) is 6.92 Å². The predicted molar refractivity (Wildman–Crippen MR) is 128 cm³/mol. The molecule has 3 heterocycles. The molecule has 0 saturated carbocycles. The van der Waals surface area contributed by atoms with Crippen molar-refractivity contribution in [3.05, 3.63) is 71.1 Å². The molecule has 0 radical (unpaired) electrons. The Bertz CT molecular complexity index is 1450. The number of fused-ring (bicyclic) bond motifs is 1. The monoisotopic (exact) mass is 563 g/mol. The second-order valence-electron chi connectivity index (χ2n) is 7.52. The Kier molecular flexibility index (Phi) is 6.97. The number of aromatic nitrogens is 5. The maximum Gasteiger partial charge on any atom is 0.451 e. The van der Waals surface area contributed by atoms with E-state index in [-0.39, 0.29) is 22.8 Å². The third-order valence-electron chi connectivity index (χ3n) is 5.36. The molecule has 1 aromatic carbocycles. The second-order valence-corrected chi connectivity index (χ2v) is 8.27. The standard InChI is InChI=1S/C22H18BrF4N9/c1-2-15(14(35-29)9-30-13-6-4-3-5-12(13)24)36-18(23)16(17-19(28)33-10-34-20(17)36)11-7-31-21(32-8-11)22(25,26)27/h3-10,15,29-30H,2H2,1H3,(H2,28,33,34)/b14-9-,35-29?. The number of allylic oxidation sites excluding steroid dienone is 1. The fourth-order valence-electron chi connectivity index (χ4n) is 3.74. The van der Waals surface area contributed by atoms with Crippen molar-refractivity contribution in [1.82, 2.24) is 24.5 Å². The van der Waals surface area contributed by atoms with Crippen LogP contribution in [0.4, 0.5) is 29.1 Å². The highest BCUT2D eigenvalue weighted by atomic mass is 79.9. The number of benzene rings is 1. The van der Waals surface area contributed by atoms with Crippen molar-refractivity contribution in [3.8, 4) is 11.1 Å². The van der Waals surface area contributed by atoms with Gasteiger partial charge < -0.3 is 15.6 Å². The number of hydrogen-bond donors (Lipinski definition) is 3. The summed E-state index contributed by atoms with van der Waals surface area (Å²) in [6, 6.07) is 5.43. The topological polar surface area (TPSA) is 131 Å². The maximum absolute atomic E-state index is 14.1.